The van der Waals surface area contributed by atoms with Crippen LogP contribution in [0, 0.1) is 0 Å². The molecule has 0 N–H and O–H groups in total. The lowest BCUT2D eigenvalue weighted by Crippen LogP contribution is -2.69. The first kappa shape index (κ1) is 18.6. The van der Waals surface area contributed by atoms with Crippen molar-refractivity contribution in [2.75, 3.05) is 11.5 Å². The lowest BCUT2D eigenvalue weighted by atomic mass is 9.96. The number of esters is 1. The van der Waals surface area contributed by atoms with Crippen LogP contribution in [0.3, 0.4) is 0 Å². The molecule has 2 aromatic carbocycles. The van der Waals surface area contributed by atoms with Crippen molar-refractivity contribution in [3.05, 3.63) is 71.8 Å². The number of rotatable bonds is 5. The van der Waals surface area contributed by atoms with Gasteiger partial charge in [0.05, 0.1) is 11.3 Å². The van der Waals surface area contributed by atoms with Gasteiger partial charge < -0.3 is 9.64 Å². The number of carbonyl (C=O) groups excluding carboxylic acids is 3. The van der Waals surface area contributed by atoms with Crippen molar-refractivity contribution in [2.45, 2.75) is 37.4 Å². The summed E-state index contributed by atoms with van der Waals surface area (Å²) in [5, 5.41) is 0. The largest absolute Gasteiger partial charge is 0.458 e. The SMILES string of the molecule is O=C1CCC2(C(=O)OC/C=C/c3ccccc3)N1c1ccccc1C(=O)N2C1CC1. The van der Waals surface area contributed by atoms with E-state index in [2.05, 4.69) is 0 Å². The zero-order valence-electron chi connectivity index (χ0n) is 16.5. The Morgan fingerprint density at radius 2 is 1.80 bits per heavy atom. The van der Waals surface area contributed by atoms with E-state index in [-0.39, 0.29) is 37.3 Å². The van der Waals surface area contributed by atoms with Crippen molar-refractivity contribution in [3.8, 4) is 0 Å². The molecule has 152 valence electrons. The number of anilines is 1. The number of ether oxygens (including phenoxy) is 1. The first-order valence-electron chi connectivity index (χ1n) is 10.3. The van der Waals surface area contributed by atoms with Crippen LogP contribution in [0.15, 0.2) is 60.7 Å². The maximum Gasteiger partial charge on any atom is 0.354 e. The van der Waals surface area contributed by atoms with E-state index in [0.717, 1.165) is 18.4 Å². The predicted molar refractivity (Wildman–Crippen MR) is 112 cm³/mol. The minimum Gasteiger partial charge on any atom is -0.458 e. The van der Waals surface area contributed by atoms with Gasteiger partial charge in [0.2, 0.25) is 11.6 Å². The molecule has 3 aliphatic rings. The second-order valence-corrected chi connectivity index (χ2v) is 7.88. The molecule has 5 rings (SSSR count). The van der Waals surface area contributed by atoms with Crippen LogP contribution in [0.1, 0.15) is 41.6 Å². The Balaban J connectivity index is 1.46. The standard InChI is InChI=1S/C24H22N2O4/c27-21-14-15-24(23(29)30-16-6-9-17-7-2-1-3-8-17)25(18-12-13-18)22(28)19-10-4-5-11-20(19)26(21)24/h1-11,18H,12-16H2/b9-6+. The second kappa shape index (κ2) is 7.13. The van der Waals surface area contributed by atoms with Gasteiger partial charge in [-0.25, -0.2) is 4.79 Å². The monoisotopic (exact) mass is 402 g/mol. The van der Waals surface area contributed by atoms with Crippen molar-refractivity contribution in [3.63, 3.8) is 0 Å². The summed E-state index contributed by atoms with van der Waals surface area (Å²) in [6, 6.07) is 16.7. The average molecular weight is 402 g/mol. The van der Waals surface area contributed by atoms with Crippen LogP contribution in [0.25, 0.3) is 6.08 Å². The third kappa shape index (κ3) is 2.83. The number of para-hydroxylation sites is 1. The molecule has 0 spiro atoms. The smallest absolute Gasteiger partial charge is 0.354 e. The number of benzene rings is 2. The normalized spacial score (nSPS) is 22.9. The third-order valence-electron chi connectivity index (χ3n) is 5.96. The van der Waals surface area contributed by atoms with Crippen LogP contribution >= 0.6 is 0 Å². The topological polar surface area (TPSA) is 66.9 Å². The van der Waals surface area contributed by atoms with Gasteiger partial charge in [0.25, 0.3) is 5.91 Å². The van der Waals surface area contributed by atoms with Crippen molar-refractivity contribution in [2.24, 2.45) is 0 Å². The van der Waals surface area contributed by atoms with Gasteiger partial charge in [0.1, 0.15) is 6.61 Å². The van der Waals surface area contributed by atoms with Crippen LogP contribution in [-0.4, -0.2) is 41.0 Å². The van der Waals surface area contributed by atoms with Gasteiger partial charge in [0.15, 0.2) is 0 Å². The van der Waals surface area contributed by atoms with Gasteiger partial charge >= 0.3 is 5.97 Å². The molecule has 0 bridgehead atoms. The van der Waals surface area contributed by atoms with Crippen molar-refractivity contribution in [1.82, 2.24) is 4.90 Å². The summed E-state index contributed by atoms with van der Waals surface area (Å²) < 4.78 is 5.61. The maximum absolute atomic E-state index is 13.4. The molecule has 1 saturated heterocycles. The molecule has 2 aromatic rings. The summed E-state index contributed by atoms with van der Waals surface area (Å²) in [5.41, 5.74) is 0.584. The van der Waals surface area contributed by atoms with Gasteiger partial charge in [-0.2, -0.15) is 0 Å². The minimum atomic E-state index is -1.38. The molecule has 6 nitrogen and oxygen atoms in total. The molecule has 0 radical (unpaired) electrons. The Morgan fingerprint density at radius 3 is 2.57 bits per heavy atom. The van der Waals surface area contributed by atoms with E-state index in [4.69, 9.17) is 4.74 Å². The maximum atomic E-state index is 13.4. The fourth-order valence-corrected chi connectivity index (χ4v) is 4.50. The zero-order valence-corrected chi connectivity index (χ0v) is 16.5. The van der Waals surface area contributed by atoms with E-state index in [1.807, 2.05) is 36.4 Å². The van der Waals surface area contributed by atoms with Gasteiger partial charge in [-0.15, -0.1) is 0 Å². The lowest BCUT2D eigenvalue weighted by molar-refractivity contribution is -0.156. The molecule has 2 heterocycles. The molecule has 1 aliphatic carbocycles. The van der Waals surface area contributed by atoms with E-state index >= 15 is 0 Å². The Hall–Kier alpha value is -3.41. The number of amides is 2. The quantitative estimate of drug-likeness (QED) is 0.719. The Kier molecular flexibility index (Phi) is 4.42. The van der Waals surface area contributed by atoms with E-state index < -0.39 is 11.6 Å². The van der Waals surface area contributed by atoms with E-state index in [9.17, 15) is 14.4 Å². The molecule has 30 heavy (non-hydrogen) atoms. The molecular formula is C24H22N2O4. The molecule has 0 aromatic heterocycles. The van der Waals surface area contributed by atoms with Crippen LogP contribution in [0.5, 0.6) is 0 Å². The highest BCUT2D eigenvalue weighted by molar-refractivity contribution is 6.15. The Labute approximate surface area is 174 Å². The summed E-state index contributed by atoms with van der Waals surface area (Å²) in [5.74, 6) is -0.894. The lowest BCUT2D eigenvalue weighted by Gasteiger charge is -2.48. The number of carbonyl (C=O) groups is 3. The number of nitrogens with zero attached hydrogens (tertiary/aromatic N) is 2. The van der Waals surface area contributed by atoms with Gasteiger partial charge in [-0.3, -0.25) is 14.5 Å². The van der Waals surface area contributed by atoms with Crippen LogP contribution in [0.2, 0.25) is 0 Å². The van der Waals surface area contributed by atoms with Gasteiger partial charge in [-0.1, -0.05) is 48.5 Å². The van der Waals surface area contributed by atoms with Crippen molar-refractivity contribution >= 4 is 29.5 Å². The predicted octanol–water partition coefficient (Wildman–Crippen LogP) is 3.38. The molecule has 6 heteroatoms. The van der Waals surface area contributed by atoms with Crippen LogP contribution < -0.4 is 4.90 Å². The summed E-state index contributed by atoms with van der Waals surface area (Å²) >= 11 is 0. The van der Waals surface area contributed by atoms with Crippen molar-refractivity contribution < 1.29 is 19.1 Å². The fourth-order valence-electron chi connectivity index (χ4n) is 4.50. The second-order valence-electron chi connectivity index (χ2n) is 7.88. The first-order chi connectivity index (χ1) is 14.6. The summed E-state index contributed by atoms with van der Waals surface area (Å²) in [6.07, 6.45) is 5.77. The van der Waals surface area contributed by atoms with Crippen molar-refractivity contribution in [1.29, 1.82) is 0 Å². The highest BCUT2D eigenvalue weighted by Gasteiger charge is 2.64. The summed E-state index contributed by atoms with van der Waals surface area (Å²) in [4.78, 5) is 42.7. The Bertz CT molecular complexity index is 1040. The average Bonchev–Trinajstić information content (AvgIpc) is 3.54. The summed E-state index contributed by atoms with van der Waals surface area (Å²) in [7, 11) is 0. The number of fused-ring (bicyclic) bond motifs is 3. The third-order valence-corrected chi connectivity index (χ3v) is 5.96. The molecular weight excluding hydrogens is 380 g/mol. The highest BCUT2D eigenvalue weighted by atomic mass is 16.5. The first-order valence-corrected chi connectivity index (χ1v) is 10.3. The molecule has 1 atom stereocenters. The molecule has 2 aliphatic heterocycles. The molecule has 1 saturated carbocycles. The van der Waals surface area contributed by atoms with E-state index in [0.29, 0.717) is 11.3 Å². The van der Waals surface area contributed by atoms with Gasteiger partial charge in [-0.05, 0) is 36.6 Å². The minimum absolute atomic E-state index is 0.0355. The molecule has 2 amide bonds. The number of hydrogen-bond acceptors (Lipinski definition) is 4. The van der Waals surface area contributed by atoms with E-state index in [1.165, 1.54) is 4.90 Å². The molecule has 1 unspecified atom stereocenters. The van der Waals surface area contributed by atoms with Crippen LogP contribution in [-0.2, 0) is 14.3 Å². The summed E-state index contributed by atoms with van der Waals surface area (Å²) in [6.45, 7) is 0.0753. The number of hydrogen-bond donors (Lipinski definition) is 0. The van der Waals surface area contributed by atoms with Gasteiger partial charge in [0, 0.05) is 18.9 Å². The van der Waals surface area contributed by atoms with Crippen LogP contribution in [0.4, 0.5) is 5.69 Å². The highest BCUT2D eigenvalue weighted by Crippen LogP contribution is 2.49. The van der Waals surface area contributed by atoms with E-state index in [1.54, 1.807) is 35.2 Å². The Morgan fingerprint density at radius 1 is 1.07 bits per heavy atom. The fraction of sp³-hybridized carbons (Fsp3) is 0.292. The zero-order chi connectivity index (χ0) is 20.7. The molecule has 2 fully saturated rings.